The summed E-state index contributed by atoms with van der Waals surface area (Å²) in [5, 5.41) is 19.8. The number of ketones is 2. The number of aromatic hydroxyl groups is 1. The maximum Gasteiger partial charge on any atom is 0.303 e. The zero-order chi connectivity index (χ0) is 26.6. The summed E-state index contributed by atoms with van der Waals surface area (Å²) in [4.78, 5) is 65.3. The van der Waals surface area contributed by atoms with Gasteiger partial charge in [-0.25, -0.2) is 0 Å². The van der Waals surface area contributed by atoms with Crippen molar-refractivity contribution in [3.05, 3.63) is 58.2 Å². The zero-order valence-corrected chi connectivity index (χ0v) is 20.5. The van der Waals surface area contributed by atoms with Crippen LogP contribution >= 0.6 is 0 Å². The van der Waals surface area contributed by atoms with Crippen LogP contribution in [0.4, 0.5) is 0 Å². The second-order valence-corrected chi connectivity index (χ2v) is 9.98. The number of amides is 2. The van der Waals surface area contributed by atoms with Crippen molar-refractivity contribution in [1.29, 1.82) is 0 Å². The van der Waals surface area contributed by atoms with Gasteiger partial charge in [-0.05, 0) is 56.4 Å². The Hall–Kier alpha value is -4.01. The van der Waals surface area contributed by atoms with Crippen molar-refractivity contribution in [2.24, 2.45) is 17.8 Å². The lowest BCUT2D eigenvalue weighted by Gasteiger charge is -2.42. The lowest BCUT2D eigenvalue weighted by molar-refractivity contribution is -0.142. The standard InChI is InChI=1S/C28H27NO8/c1-13-10-21(31)19-12-17-15(23(25(19)26(13)34)18-11-14(37-2)5-8-20(18)30)6-7-16-24(17)28(36)29(27(16)35)9-3-4-22(32)33/h5-6,8,10-11,16-17,23-24,30H,3-4,7,9,12H2,1-2H3,(H,32,33)/t16-,17+,23+,24-/m0/s1. The van der Waals surface area contributed by atoms with Gasteiger partial charge in [-0.3, -0.25) is 28.9 Å². The third-order valence-corrected chi connectivity index (χ3v) is 7.97. The molecule has 2 N–H and O–H groups in total. The number of carboxylic acids is 1. The number of carbonyl (C=O) groups excluding carboxylic acids is 4. The van der Waals surface area contributed by atoms with Gasteiger partial charge >= 0.3 is 5.97 Å². The second-order valence-electron chi connectivity index (χ2n) is 9.98. The average molecular weight is 506 g/mol. The summed E-state index contributed by atoms with van der Waals surface area (Å²) in [5.74, 6) is -4.54. The zero-order valence-electron chi connectivity index (χ0n) is 20.5. The second kappa shape index (κ2) is 9.14. The number of Topliss-reactive ketones (excluding diaryl/α,β-unsaturated/α-hetero) is 1. The molecule has 1 aromatic rings. The van der Waals surface area contributed by atoms with Crippen LogP contribution in [0.3, 0.4) is 0 Å². The Kier molecular flexibility index (Phi) is 6.09. The van der Waals surface area contributed by atoms with Crippen LogP contribution in [0, 0.1) is 17.8 Å². The monoisotopic (exact) mass is 505 g/mol. The molecule has 1 fully saturated rings. The van der Waals surface area contributed by atoms with Crippen molar-refractivity contribution in [2.75, 3.05) is 13.7 Å². The van der Waals surface area contributed by atoms with E-state index >= 15 is 0 Å². The molecule has 0 aromatic heterocycles. The first-order valence-corrected chi connectivity index (χ1v) is 12.3. The van der Waals surface area contributed by atoms with Crippen molar-refractivity contribution in [2.45, 2.75) is 38.5 Å². The summed E-state index contributed by atoms with van der Waals surface area (Å²) in [6.07, 6.45) is 3.59. The van der Waals surface area contributed by atoms with E-state index in [1.165, 1.54) is 19.3 Å². The Morgan fingerprint density at radius 2 is 1.89 bits per heavy atom. The van der Waals surface area contributed by atoms with Gasteiger partial charge in [-0.15, -0.1) is 0 Å². The lowest BCUT2D eigenvalue weighted by Crippen LogP contribution is -2.40. The molecule has 9 nitrogen and oxygen atoms in total. The number of hydrogen-bond acceptors (Lipinski definition) is 7. The van der Waals surface area contributed by atoms with Crippen LogP contribution in [0.15, 0.2) is 52.6 Å². The summed E-state index contributed by atoms with van der Waals surface area (Å²) in [7, 11) is 1.49. The van der Waals surface area contributed by atoms with E-state index in [4.69, 9.17) is 9.84 Å². The molecular weight excluding hydrogens is 478 g/mol. The minimum atomic E-state index is -1.00. The van der Waals surface area contributed by atoms with Crippen molar-refractivity contribution in [3.63, 3.8) is 0 Å². The first-order chi connectivity index (χ1) is 17.6. The minimum Gasteiger partial charge on any atom is -0.508 e. The van der Waals surface area contributed by atoms with Crippen LogP contribution in [0.2, 0.25) is 0 Å². The summed E-state index contributed by atoms with van der Waals surface area (Å²) >= 11 is 0. The Labute approximate surface area is 213 Å². The lowest BCUT2D eigenvalue weighted by atomic mass is 9.59. The van der Waals surface area contributed by atoms with Crippen LogP contribution in [-0.2, 0) is 24.0 Å². The van der Waals surface area contributed by atoms with Crippen molar-refractivity contribution in [3.8, 4) is 11.5 Å². The smallest absolute Gasteiger partial charge is 0.303 e. The number of phenols is 1. The predicted molar refractivity (Wildman–Crippen MR) is 130 cm³/mol. The number of phenolic OH excluding ortho intramolecular Hbond substituents is 1. The number of likely N-dealkylation sites (tertiary alicyclic amines) is 1. The number of fused-ring (bicyclic) bond motifs is 3. The molecular formula is C28H27NO8. The molecule has 0 spiro atoms. The molecule has 9 heteroatoms. The molecule has 5 rings (SSSR count). The number of allylic oxidation sites excluding steroid dienone is 6. The number of imide groups is 1. The molecule has 0 radical (unpaired) electrons. The fraction of sp³-hybridized carbons (Fsp3) is 0.393. The van der Waals surface area contributed by atoms with Gasteiger partial charge in [0, 0.05) is 41.2 Å². The Morgan fingerprint density at radius 3 is 2.59 bits per heavy atom. The van der Waals surface area contributed by atoms with E-state index in [0.29, 0.717) is 28.0 Å². The number of rotatable bonds is 6. The normalized spacial score (nSPS) is 26.9. The van der Waals surface area contributed by atoms with Gasteiger partial charge < -0.3 is 14.9 Å². The van der Waals surface area contributed by atoms with E-state index in [0.717, 1.165) is 10.5 Å². The first kappa shape index (κ1) is 24.7. The molecule has 37 heavy (non-hydrogen) atoms. The predicted octanol–water partition coefficient (Wildman–Crippen LogP) is 2.70. The molecule has 3 aliphatic carbocycles. The van der Waals surface area contributed by atoms with Gasteiger partial charge in [-0.2, -0.15) is 0 Å². The summed E-state index contributed by atoms with van der Waals surface area (Å²) in [5.41, 5.74) is 2.03. The number of hydrogen-bond donors (Lipinski definition) is 2. The molecule has 192 valence electrons. The van der Waals surface area contributed by atoms with Gasteiger partial charge in [0.1, 0.15) is 11.5 Å². The maximum atomic E-state index is 13.5. The van der Waals surface area contributed by atoms with Crippen LogP contribution < -0.4 is 4.74 Å². The molecule has 2 amide bonds. The van der Waals surface area contributed by atoms with E-state index in [1.54, 1.807) is 19.1 Å². The molecule has 0 bridgehead atoms. The highest BCUT2D eigenvalue weighted by Gasteiger charge is 2.56. The molecule has 0 saturated carbocycles. The molecule has 0 unspecified atom stereocenters. The minimum absolute atomic E-state index is 0.0203. The van der Waals surface area contributed by atoms with Gasteiger partial charge in [-0.1, -0.05) is 11.6 Å². The van der Waals surface area contributed by atoms with Crippen molar-refractivity contribution >= 4 is 29.4 Å². The number of nitrogens with zero attached hydrogens (tertiary/aromatic N) is 1. The molecule has 4 aliphatic rings. The Balaban J connectivity index is 1.61. The molecule has 1 heterocycles. The molecule has 1 aliphatic heterocycles. The summed E-state index contributed by atoms with van der Waals surface area (Å²) in [6, 6.07) is 4.69. The highest BCUT2D eigenvalue weighted by atomic mass is 16.5. The van der Waals surface area contributed by atoms with E-state index < -0.39 is 29.6 Å². The maximum absolute atomic E-state index is 13.5. The third-order valence-electron chi connectivity index (χ3n) is 7.97. The Morgan fingerprint density at radius 1 is 1.14 bits per heavy atom. The third kappa shape index (κ3) is 3.89. The number of methoxy groups -OCH3 is 1. The van der Waals surface area contributed by atoms with Crippen molar-refractivity contribution < 1.29 is 38.9 Å². The number of benzene rings is 1. The van der Waals surface area contributed by atoms with E-state index in [1.807, 2.05) is 6.08 Å². The number of aliphatic carboxylic acids is 1. The number of ether oxygens (including phenoxy) is 1. The van der Waals surface area contributed by atoms with E-state index in [9.17, 15) is 29.1 Å². The van der Waals surface area contributed by atoms with Gasteiger partial charge in [0.25, 0.3) is 0 Å². The fourth-order valence-corrected chi connectivity index (χ4v) is 6.28. The summed E-state index contributed by atoms with van der Waals surface area (Å²) in [6.45, 7) is 1.60. The van der Waals surface area contributed by atoms with E-state index in [2.05, 4.69) is 0 Å². The highest BCUT2D eigenvalue weighted by molar-refractivity contribution is 6.24. The van der Waals surface area contributed by atoms with Gasteiger partial charge in [0.05, 0.1) is 18.9 Å². The van der Waals surface area contributed by atoms with Crippen molar-refractivity contribution in [1.82, 2.24) is 4.90 Å². The largest absolute Gasteiger partial charge is 0.508 e. The molecule has 4 atom stereocenters. The fourth-order valence-electron chi connectivity index (χ4n) is 6.28. The average Bonchev–Trinajstić information content (AvgIpc) is 3.11. The highest BCUT2D eigenvalue weighted by Crippen LogP contribution is 2.56. The topological polar surface area (TPSA) is 138 Å². The van der Waals surface area contributed by atoms with Crippen LogP contribution in [0.5, 0.6) is 11.5 Å². The SMILES string of the molecule is COc1ccc(O)c([C@H]2C3=CC[C@@H]4C(=O)N(CCCC(=O)O)C(=O)[C@@H]4[C@@H]3CC3=C2C(=O)C(C)=CC3=O)c1. The van der Waals surface area contributed by atoms with Crippen LogP contribution in [0.1, 0.15) is 44.1 Å². The van der Waals surface area contributed by atoms with E-state index in [-0.39, 0.29) is 61.4 Å². The quantitative estimate of drug-likeness (QED) is 0.342. The van der Waals surface area contributed by atoms with Gasteiger partial charge in [0.2, 0.25) is 11.8 Å². The van der Waals surface area contributed by atoms with Gasteiger partial charge in [0.15, 0.2) is 11.6 Å². The number of carboxylic acid groups (broad SMARTS) is 1. The van der Waals surface area contributed by atoms with Crippen LogP contribution in [-0.4, -0.2) is 58.1 Å². The molecule has 1 saturated heterocycles. The van der Waals surface area contributed by atoms with Crippen LogP contribution in [0.25, 0.3) is 0 Å². The molecule has 1 aromatic carbocycles. The number of carbonyl (C=O) groups is 5. The first-order valence-electron chi connectivity index (χ1n) is 12.3. The Bertz CT molecular complexity index is 1350. The summed E-state index contributed by atoms with van der Waals surface area (Å²) < 4.78 is 5.35.